The van der Waals surface area contributed by atoms with Crippen molar-refractivity contribution in [3.05, 3.63) is 35.9 Å². The predicted molar refractivity (Wildman–Crippen MR) is 80.2 cm³/mol. The van der Waals surface area contributed by atoms with E-state index in [1.165, 1.54) is 50.9 Å². The second-order valence-electron chi connectivity index (χ2n) is 6.25. The van der Waals surface area contributed by atoms with Crippen molar-refractivity contribution in [3.8, 4) is 0 Å². The van der Waals surface area contributed by atoms with Crippen LogP contribution in [0.1, 0.15) is 44.2 Å². The molecule has 19 heavy (non-hydrogen) atoms. The topological polar surface area (TPSA) is 15.3 Å². The fraction of sp³-hybridized carbons (Fsp3) is 0.647. The first-order chi connectivity index (χ1) is 9.33. The lowest BCUT2D eigenvalue weighted by Crippen LogP contribution is -2.38. The fourth-order valence-corrected chi connectivity index (χ4v) is 3.11. The lowest BCUT2D eigenvalue weighted by molar-refractivity contribution is 0.140. The molecule has 2 aliphatic rings. The number of hydrogen-bond donors (Lipinski definition) is 1. The standard InChI is InChI=1S/C17H26N2/c1-14(16-5-3-2-4-6-16)19-11-9-15(10-12-19)13-18-17-7-8-17/h2-6,14-15,17-18H,7-13H2,1H3. The van der Waals surface area contributed by atoms with Gasteiger partial charge >= 0.3 is 0 Å². The third-order valence-electron chi connectivity index (χ3n) is 4.75. The monoisotopic (exact) mass is 258 g/mol. The molecule has 1 N–H and O–H groups in total. The van der Waals surface area contributed by atoms with Crippen molar-refractivity contribution >= 4 is 0 Å². The highest BCUT2D eigenvalue weighted by Gasteiger charge is 2.26. The molecule has 0 aromatic heterocycles. The summed E-state index contributed by atoms with van der Waals surface area (Å²) in [6.45, 7) is 6.11. The van der Waals surface area contributed by atoms with E-state index in [0.29, 0.717) is 6.04 Å². The zero-order valence-corrected chi connectivity index (χ0v) is 12.0. The minimum atomic E-state index is 0.568. The number of benzene rings is 1. The van der Waals surface area contributed by atoms with Crippen LogP contribution in [0.4, 0.5) is 0 Å². The maximum Gasteiger partial charge on any atom is 0.0319 e. The first kappa shape index (κ1) is 13.1. The molecule has 2 nitrogen and oxygen atoms in total. The van der Waals surface area contributed by atoms with E-state index in [4.69, 9.17) is 0 Å². The summed E-state index contributed by atoms with van der Waals surface area (Å²) in [6, 6.07) is 12.3. The number of rotatable bonds is 5. The number of likely N-dealkylation sites (tertiary alicyclic amines) is 1. The average molecular weight is 258 g/mol. The number of nitrogens with zero attached hydrogens (tertiary/aromatic N) is 1. The molecule has 1 saturated heterocycles. The van der Waals surface area contributed by atoms with Gasteiger partial charge in [0.1, 0.15) is 0 Å². The molecule has 0 spiro atoms. The molecule has 1 aliphatic heterocycles. The van der Waals surface area contributed by atoms with Crippen molar-refractivity contribution in [3.63, 3.8) is 0 Å². The van der Waals surface area contributed by atoms with Gasteiger partial charge in [-0.25, -0.2) is 0 Å². The summed E-state index contributed by atoms with van der Waals surface area (Å²) in [7, 11) is 0. The summed E-state index contributed by atoms with van der Waals surface area (Å²) in [5, 5.41) is 3.68. The van der Waals surface area contributed by atoms with Gasteiger partial charge in [-0.05, 0) is 63.7 Å². The normalized spacial score (nSPS) is 23.4. The van der Waals surface area contributed by atoms with Gasteiger partial charge in [-0.3, -0.25) is 4.90 Å². The molecule has 104 valence electrons. The molecule has 3 rings (SSSR count). The second-order valence-corrected chi connectivity index (χ2v) is 6.25. The Bertz CT molecular complexity index is 378. The molecule has 2 fully saturated rings. The predicted octanol–water partition coefficient (Wildman–Crippen LogP) is 3.21. The van der Waals surface area contributed by atoms with Crippen LogP contribution in [0.5, 0.6) is 0 Å². The van der Waals surface area contributed by atoms with E-state index < -0.39 is 0 Å². The Hall–Kier alpha value is -0.860. The quantitative estimate of drug-likeness (QED) is 0.872. The van der Waals surface area contributed by atoms with Crippen LogP contribution in [0.25, 0.3) is 0 Å². The highest BCUT2D eigenvalue weighted by Crippen LogP contribution is 2.27. The molecular formula is C17H26N2. The van der Waals surface area contributed by atoms with Crippen molar-refractivity contribution in [1.29, 1.82) is 0 Å². The van der Waals surface area contributed by atoms with Gasteiger partial charge in [0.15, 0.2) is 0 Å². The highest BCUT2D eigenvalue weighted by molar-refractivity contribution is 5.18. The Balaban J connectivity index is 1.46. The fourth-order valence-electron chi connectivity index (χ4n) is 3.11. The molecule has 1 saturated carbocycles. The summed E-state index contributed by atoms with van der Waals surface area (Å²) >= 11 is 0. The first-order valence-corrected chi connectivity index (χ1v) is 7.85. The van der Waals surface area contributed by atoms with Gasteiger partial charge in [0.2, 0.25) is 0 Å². The Morgan fingerprint density at radius 3 is 2.42 bits per heavy atom. The van der Waals surface area contributed by atoms with Crippen LogP contribution < -0.4 is 5.32 Å². The van der Waals surface area contributed by atoms with E-state index in [0.717, 1.165) is 12.0 Å². The lowest BCUT2D eigenvalue weighted by atomic mass is 9.94. The van der Waals surface area contributed by atoms with Gasteiger partial charge in [0.05, 0.1) is 0 Å². The first-order valence-electron chi connectivity index (χ1n) is 7.85. The zero-order valence-electron chi connectivity index (χ0n) is 12.0. The van der Waals surface area contributed by atoms with Crippen molar-refractivity contribution in [2.24, 2.45) is 5.92 Å². The maximum absolute atomic E-state index is 3.68. The van der Waals surface area contributed by atoms with Crippen molar-refractivity contribution < 1.29 is 0 Å². The molecule has 1 heterocycles. The van der Waals surface area contributed by atoms with E-state index in [1.54, 1.807) is 0 Å². The van der Waals surface area contributed by atoms with E-state index in [2.05, 4.69) is 47.5 Å². The Labute approximate surface area is 117 Å². The molecule has 1 aromatic carbocycles. The summed E-state index contributed by atoms with van der Waals surface area (Å²) in [4.78, 5) is 2.64. The Morgan fingerprint density at radius 2 is 1.79 bits per heavy atom. The molecular weight excluding hydrogens is 232 g/mol. The molecule has 2 heteroatoms. The number of hydrogen-bond acceptors (Lipinski definition) is 2. The molecule has 1 unspecified atom stereocenters. The largest absolute Gasteiger partial charge is 0.314 e. The van der Waals surface area contributed by atoms with Gasteiger partial charge in [-0.2, -0.15) is 0 Å². The van der Waals surface area contributed by atoms with Crippen molar-refractivity contribution in [2.45, 2.75) is 44.7 Å². The Kier molecular flexibility index (Phi) is 4.19. The van der Waals surface area contributed by atoms with E-state index in [-0.39, 0.29) is 0 Å². The third kappa shape index (κ3) is 3.58. The second kappa shape index (κ2) is 6.06. The van der Waals surface area contributed by atoms with Crippen LogP contribution in [0, 0.1) is 5.92 Å². The van der Waals surface area contributed by atoms with Crippen LogP contribution >= 0.6 is 0 Å². The third-order valence-corrected chi connectivity index (χ3v) is 4.75. The highest BCUT2D eigenvalue weighted by atomic mass is 15.2. The molecule has 1 aromatic rings. The van der Waals surface area contributed by atoms with E-state index >= 15 is 0 Å². The maximum atomic E-state index is 3.68. The molecule has 0 radical (unpaired) electrons. The average Bonchev–Trinajstić information content (AvgIpc) is 3.30. The lowest BCUT2D eigenvalue weighted by Gasteiger charge is -2.36. The summed E-state index contributed by atoms with van der Waals surface area (Å²) in [5.74, 6) is 0.903. The zero-order chi connectivity index (χ0) is 13.1. The van der Waals surface area contributed by atoms with Crippen LogP contribution in [0.15, 0.2) is 30.3 Å². The van der Waals surface area contributed by atoms with Crippen molar-refractivity contribution in [2.75, 3.05) is 19.6 Å². The van der Waals surface area contributed by atoms with Crippen LogP contribution in [0.3, 0.4) is 0 Å². The van der Waals surface area contributed by atoms with Crippen LogP contribution in [0.2, 0.25) is 0 Å². The summed E-state index contributed by atoms with van der Waals surface area (Å²) in [5.41, 5.74) is 1.46. The van der Waals surface area contributed by atoms with Gasteiger partial charge in [-0.15, -0.1) is 0 Å². The van der Waals surface area contributed by atoms with Crippen molar-refractivity contribution in [1.82, 2.24) is 10.2 Å². The van der Waals surface area contributed by atoms with Gasteiger partial charge in [0, 0.05) is 12.1 Å². The van der Waals surface area contributed by atoms with Crippen LogP contribution in [-0.4, -0.2) is 30.6 Å². The molecule has 1 atom stereocenters. The van der Waals surface area contributed by atoms with E-state index in [1.807, 2.05) is 0 Å². The van der Waals surface area contributed by atoms with Gasteiger partial charge < -0.3 is 5.32 Å². The molecule has 1 aliphatic carbocycles. The summed E-state index contributed by atoms with van der Waals surface area (Å²) < 4.78 is 0. The smallest absolute Gasteiger partial charge is 0.0319 e. The van der Waals surface area contributed by atoms with Gasteiger partial charge in [-0.1, -0.05) is 30.3 Å². The van der Waals surface area contributed by atoms with Crippen LogP contribution in [-0.2, 0) is 0 Å². The molecule has 0 amide bonds. The van der Waals surface area contributed by atoms with Gasteiger partial charge in [0.25, 0.3) is 0 Å². The van der Waals surface area contributed by atoms with E-state index in [9.17, 15) is 0 Å². The minimum absolute atomic E-state index is 0.568. The Morgan fingerprint density at radius 1 is 1.11 bits per heavy atom. The summed E-state index contributed by atoms with van der Waals surface area (Å²) in [6.07, 6.45) is 5.53. The minimum Gasteiger partial charge on any atom is -0.314 e. The SMILES string of the molecule is CC(c1ccccc1)N1CCC(CNC2CC2)CC1. The number of piperidine rings is 1. The number of nitrogens with one attached hydrogen (secondary N) is 1. The molecule has 0 bridgehead atoms.